The van der Waals surface area contributed by atoms with Gasteiger partial charge in [-0.25, -0.2) is 14.4 Å². The monoisotopic (exact) mass is 232 g/mol. The van der Waals surface area contributed by atoms with Crippen LogP contribution in [0.5, 0.6) is 0 Å². The second-order valence-electron chi connectivity index (χ2n) is 3.51. The normalized spacial score (nSPS) is 10.3. The van der Waals surface area contributed by atoms with Crippen LogP contribution in [0.25, 0.3) is 11.3 Å². The highest BCUT2D eigenvalue weighted by atomic mass is 19.1. The molecule has 4 nitrogen and oxygen atoms in total. The third-order valence-corrected chi connectivity index (χ3v) is 2.39. The van der Waals surface area contributed by atoms with Crippen LogP contribution in [0.1, 0.15) is 12.7 Å². The maximum atomic E-state index is 13.6. The average molecular weight is 232 g/mol. The van der Waals surface area contributed by atoms with Crippen molar-refractivity contribution < 1.29 is 4.39 Å². The van der Waals surface area contributed by atoms with Gasteiger partial charge >= 0.3 is 0 Å². The third kappa shape index (κ3) is 2.38. The van der Waals surface area contributed by atoms with E-state index in [0.29, 0.717) is 29.3 Å². The Kier molecular flexibility index (Phi) is 3.27. The molecule has 0 fully saturated rings. The standard InChI is InChI=1S/C12H13FN4/c1-3-11-16-10(6-12(14-2)17-11)8-4-5-15-7-9(8)13/h4-7H,3H2,1-2H3,(H,14,16,17). The molecule has 2 aromatic heterocycles. The Bertz CT molecular complexity index is 505. The number of hydrogen-bond acceptors (Lipinski definition) is 4. The Morgan fingerprint density at radius 1 is 1.35 bits per heavy atom. The van der Waals surface area contributed by atoms with Crippen molar-refractivity contribution in [1.29, 1.82) is 0 Å². The summed E-state index contributed by atoms with van der Waals surface area (Å²) in [6.07, 6.45) is 3.43. The van der Waals surface area contributed by atoms with Gasteiger partial charge < -0.3 is 5.32 Å². The predicted octanol–water partition coefficient (Wildman–Crippen LogP) is 2.28. The minimum atomic E-state index is -0.379. The molecule has 0 saturated heterocycles. The molecule has 5 heteroatoms. The maximum Gasteiger partial charge on any atom is 0.150 e. The van der Waals surface area contributed by atoms with Gasteiger partial charge in [0.2, 0.25) is 0 Å². The lowest BCUT2D eigenvalue weighted by molar-refractivity contribution is 0.624. The first-order valence-corrected chi connectivity index (χ1v) is 5.40. The quantitative estimate of drug-likeness (QED) is 0.882. The van der Waals surface area contributed by atoms with E-state index in [-0.39, 0.29) is 5.82 Å². The molecule has 0 aliphatic carbocycles. The van der Waals surface area contributed by atoms with Gasteiger partial charge in [-0.05, 0) is 6.07 Å². The van der Waals surface area contributed by atoms with E-state index in [1.54, 1.807) is 25.4 Å². The van der Waals surface area contributed by atoms with Crippen molar-refractivity contribution >= 4 is 5.82 Å². The molecule has 2 heterocycles. The van der Waals surface area contributed by atoms with Gasteiger partial charge in [-0.3, -0.25) is 4.98 Å². The fourth-order valence-corrected chi connectivity index (χ4v) is 1.50. The predicted molar refractivity (Wildman–Crippen MR) is 64.1 cm³/mol. The van der Waals surface area contributed by atoms with Crippen LogP contribution in [-0.4, -0.2) is 22.0 Å². The molecule has 0 atom stereocenters. The van der Waals surface area contributed by atoms with E-state index in [9.17, 15) is 4.39 Å². The highest BCUT2D eigenvalue weighted by molar-refractivity contribution is 5.62. The molecule has 0 bridgehead atoms. The summed E-state index contributed by atoms with van der Waals surface area (Å²) in [5.41, 5.74) is 1.01. The summed E-state index contributed by atoms with van der Waals surface area (Å²) in [5.74, 6) is 0.987. The van der Waals surface area contributed by atoms with Crippen molar-refractivity contribution in [3.8, 4) is 11.3 Å². The molecule has 0 aliphatic rings. The number of nitrogens with one attached hydrogen (secondary N) is 1. The largest absolute Gasteiger partial charge is 0.373 e. The molecular weight excluding hydrogens is 219 g/mol. The number of aromatic nitrogens is 3. The zero-order valence-corrected chi connectivity index (χ0v) is 9.74. The Morgan fingerprint density at radius 3 is 2.82 bits per heavy atom. The third-order valence-electron chi connectivity index (χ3n) is 2.39. The first kappa shape index (κ1) is 11.4. The minimum absolute atomic E-state index is 0.379. The van der Waals surface area contributed by atoms with Gasteiger partial charge in [0, 0.05) is 31.3 Å². The van der Waals surface area contributed by atoms with Crippen LogP contribution in [0.4, 0.5) is 10.2 Å². The van der Waals surface area contributed by atoms with E-state index in [4.69, 9.17) is 0 Å². The number of nitrogens with zero attached hydrogens (tertiary/aromatic N) is 3. The fourth-order valence-electron chi connectivity index (χ4n) is 1.50. The van der Waals surface area contributed by atoms with Crippen LogP contribution in [0, 0.1) is 5.82 Å². The van der Waals surface area contributed by atoms with Crippen molar-refractivity contribution in [3.05, 3.63) is 36.2 Å². The number of pyridine rings is 1. The van der Waals surface area contributed by atoms with Gasteiger partial charge in [0.25, 0.3) is 0 Å². The van der Waals surface area contributed by atoms with Crippen LogP contribution in [-0.2, 0) is 6.42 Å². The van der Waals surface area contributed by atoms with Gasteiger partial charge in [-0.15, -0.1) is 0 Å². The second kappa shape index (κ2) is 4.86. The van der Waals surface area contributed by atoms with Crippen molar-refractivity contribution in [1.82, 2.24) is 15.0 Å². The maximum absolute atomic E-state index is 13.6. The highest BCUT2D eigenvalue weighted by Crippen LogP contribution is 2.21. The fraction of sp³-hybridized carbons (Fsp3) is 0.250. The van der Waals surface area contributed by atoms with Crippen LogP contribution in [0.3, 0.4) is 0 Å². The number of halogens is 1. The van der Waals surface area contributed by atoms with Crippen molar-refractivity contribution in [2.75, 3.05) is 12.4 Å². The lowest BCUT2D eigenvalue weighted by Gasteiger charge is -2.07. The second-order valence-corrected chi connectivity index (χ2v) is 3.51. The lowest BCUT2D eigenvalue weighted by Crippen LogP contribution is -2.01. The SMILES string of the molecule is CCc1nc(NC)cc(-c2ccncc2F)n1. The summed E-state index contributed by atoms with van der Waals surface area (Å²) in [6.45, 7) is 1.96. The number of hydrogen-bond donors (Lipinski definition) is 1. The first-order chi connectivity index (χ1) is 8.24. The Morgan fingerprint density at radius 2 is 2.18 bits per heavy atom. The van der Waals surface area contributed by atoms with Crippen LogP contribution in [0.2, 0.25) is 0 Å². The Hall–Kier alpha value is -2.04. The molecule has 0 amide bonds. The topological polar surface area (TPSA) is 50.7 Å². The number of aryl methyl sites for hydroxylation is 1. The zero-order chi connectivity index (χ0) is 12.3. The molecule has 0 saturated carbocycles. The lowest BCUT2D eigenvalue weighted by atomic mass is 10.2. The van der Waals surface area contributed by atoms with E-state index in [0.717, 1.165) is 0 Å². The van der Waals surface area contributed by atoms with Gasteiger partial charge in [-0.1, -0.05) is 6.92 Å². The summed E-state index contributed by atoms with van der Waals surface area (Å²) < 4.78 is 13.6. The highest BCUT2D eigenvalue weighted by Gasteiger charge is 2.09. The van der Waals surface area contributed by atoms with Gasteiger partial charge in [0.05, 0.1) is 11.9 Å². The molecule has 0 aromatic carbocycles. The van der Waals surface area contributed by atoms with Gasteiger partial charge in [-0.2, -0.15) is 0 Å². The summed E-state index contributed by atoms with van der Waals surface area (Å²) >= 11 is 0. The molecule has 17 heavy (non-hydrogen) atoms. The molecular formula is C12H13FN4. The summed E-state index contributed by atoms with van der Waals surface area (Å²) in [4.78, 5) is 12.3. The molecule has 2 aromatic rings. The first-order valence-electron chi connectivity index (χ1n) is 5.40. The van der Waals surface area contributed by atoms with Crippen LogP contribution in [0.15, 0.2) is 24.5 Å². The van der Waals surface area contributed by atoms with E-state index < -0.39 is 0 Å². The van der Waals surface area contributed by atoms with Gasteiger partial charge in [0.15, 0.2) is 5.82 Å². The molecule has 0 spiro atoms. The summed E-state index contributed by atoms with van der Waals surface area (Å²) in [6, 6.07) is 3.33. The molecule has 0 unspecified atom stereocenters. The molecule has 0 aliphatic heterocycles. The molecule has 1 N–H and O–H groups in total. The summed E-state index contributed by atoms with van der Waals surface area (Å²) in [7, 11) is 1.77. The van der Waals surface area contributed by atoms with Crippen molar-refractivity contribution in [3.63, 3.8) is 0 Å². The van der Waals surface area contributed by atoms with Crippen LogP contribution < -0.4 is 5.32 Å². The number of anilines is 1. The van der Waals surface area contributed by atoms with E-state index in [2.05, 4.69) is 20.3 Å². The van der Waals surface area contributed by atoms with Crippen molar-refractivity contribution in [2.24, 2.45) is 0 Å². The van der Waals surface area contributed by atoms with E-state index in [1.165, 1.54) is 6.20 Å². The minimum Gasteiger partial charge on any atom is -0.373 e. The van der Waals surface area contributed by atoms with Crippen molar-refractivity contribution in [2.45, 2.75) is 13.3 Å². The zero-order valence-electron chi connectivity index (χ0n) is 9.74. The van der Waals surface area contributed by atoms with Gasteiger partial charge in [0.1, 0.15) is 11.6 Å². The molecule has 88 valence electrons. The molecule has 2 rings (SSSR count). The number of rotatable bonds is 3. The smallest absolute Gasteiger partial charge is 0.150 e. The van der Waals surface area contributed by atoms with Crippen LogP contribution >= 0.6 is 0 Å². The molecule has 0 radical (unpaired) electrons. The van der Waals surface area contributed by atoms with E-state index in [1.807, 2.05) is 6.92 Å². The average Bonchev–Trinajstić information content (AvgIpc) is 2.38. The Balaban J connectivity index is 2.55. The summed E-state index contributed by atoms with van der Waals surface area (Å²) in [5, 5.41) is 2.94. The van der Waals surface area contributed by atoms with E-state index >= 15 is 0 Å². The Labute approximate surface area is 99.0 Å².